The van der Waals surface area contributed by atoms with Gasteiger partial charge in [0, 0.05) is 36.5 Å². The quantitative estimate of drug-likeness (QED) is 0.665. The number of aromatic nitrogens is 2. The van der Waals surface area contributed by atoms with Crippen molar-refractivity contribution in [2.24, 2.45) is 0 Å². The van der Waals surface area contributed by atoms with Crippen LogP contribution in [-0.4, -0.2) is 41.0 Å². The number of nitrogens with zero attached hydrogens (tertiary/aromatic N) is 3. The van der Waals surface area contributed by atoms with Gasteiger partial charge in [-0.2, -0.15) is 0 Å². The van der Waals surface area contributed by atoms with Gasteiger partial charge >= 0.3 is 0 Å². The Morgan fingerprint density at radius 1 is 1.17 bits per heavy atom. The number of piperidine rings is 1. The molecule has 0 aliphatic carbocycles. The van der Waals surface area contributed by atoms with Gasteiger partial charge in [0.2, 0.25) is 0 Å². The fraction of sp³-hybridized carbons (Fsp3) is 0.261. The Morgan fingerprint density at radius 3 is 2.86 bits per heavy atom. The number of rotatable bonds is 4. The average molecular weight is 391 g/mol. The summed E-state index contributed by atoms with van der Waals surface area (Å²) in [6.45, 7) is 1.28. The van der Waals surface area contributed by atoms with E-state index in [-0.39, 0.29) is 17.6 Å². The van der Waals surface area contributed by atoms with Gasteiger partial charge in [0.1, 0.15) is 11.6 Å². The molecule has 2 aromatic carbocycles. The van der Waals surface area contributed by atoms with Crippen molar-refractivity contribution in [2.75, 3.05) is 20.2 Å². The second kappa shape index (κ2) is 8.39. The fourth-order valence-corrected chi connectivity index (χ4v) is 3.76. The molecule has 0 bridgehead atoms. The topological polar surface area (TPSA) is 55.3 Å². The number of hydrogen-bond donors (Lipinski definition) is 0. The molecule has 1 amide bonds. The van der Waals surface area contributed by atoms with Gasteiger partial charge in [-0.3, -0.25) is 4.79 Å². The van der Waals surface area contributed by atoms with Gasteiger partial charge in [-0.25, -0.2) is 14.4 Å². The minimum atomic E-state index is -0.317. The van der Waals surface area contributed by atoms with E-state index in [2.05, 4.69) is 9.97 Å². The van der Waals surface area contributed by atoms with E-state index in [0.29, 0.717) is 35.8 Å². The molecular weight excluding hydrogens is 369 g/mol. The maximum atomic E-state index is 13.6. The molecule has 1 aromatic heterocycles. The second-order valence-corrected chi connectivity index (χ2v) is 7.11. The summed E-state index contributed by atoms with van der Waals surface area (Å²) in [6, 6.07) is 15.4. The number of amides is 1. The molecule has 2 heterocycles. The van der Waals surface area contributed by atoms with E-state index < -0.39 is 0 Å². The van der Waals surface area contributed by atoms with E-state index in [9.17, 15) is 9.18 Å². The van der Waals surface area contributed by atoms with Crippen LogP contribution in [0.4, 0.5) is 4.39 Å². The van der Waals surface area contributed by atoms with E-state index in [1.807, 2.05) is 23.1 Å². The third-order valence-corrected chi connectivity index (χ3v) is 5.22. The highest BCUT2D eigenvalue weighted by molar-refractivity contribution is 5.97. The second-order valence-electron chi connectivity index (χ2n) is 7.11. The Kier molecular flexibility index (Phi) is 5.51. The first kappa shape index (κ1) is 19.1. The van der Waals surface area contributed by atoms with Crippen LogP contribution in [0.5, 0.6) is 5.75 Å². The lowest BCUT2D eigenvalue weighted by Gasteiger charge is -2.33. The van der Waals surface area contributed by atoms with Crippen molar-refractivity contribution >= 4 is 5.91 Å². The number of likely N-dealkylation sites (tertiary alicyclic amines) is 1. The van der Waals surface area contributed by atoms with E-state index in [0.717, 1.165) is 18.5 Å². The number of hydrogen-bond acceptors (Lipinski definition) is 4. The molecule has 4 rings (SSSR count). The minimum Gasteiger partial charge on any atom is -0.496 e. The SMILES string of the molecule is COc1ccccc1C(=O)N1CCC[C@@H](c2ccnc(-c3cccc(F)c3)n2)C1. The van der Waals surface area contributed by atoms with Gasteiger partial charge in [-0.15, -0.1) is 0 Å². The summed E-state index contributed by atoms with van der Waals surface area (Å²) >= 11 is 0. The Labute approximate surface area is 169 Å². The lowest BCUT2D eigenvalue weighted by Crippen LogP contribution is -2.39. The van der Waals surface area contributed by atoms with Crippen LogP contribution < -0.4 is 4.74 Å². The Bertz CT molecular complexity index is 1020. The molecule has 29 heavy (non-hydrogen) atoms. The molecule has 0 spiro atoms. The van der Waals surface area contributed by atoms with Crippen molar-refractivity contribution in [3.8, 4) is 17.1 Å². The van der Waals surface area contributed by atoms with Crippen LogP contribution in [0, 0.1) is 5.82 Å². The molecule has 5 nitrogen and oxygen atoms in total. The summed E-state index contributed by atoms with van der Waals surface area (Å²) in [7, 11) is 1.57. The number of halogens is 1. The number of carbonyl (C=O) groups excluding carboxylic acids is 1. The standard InChI is InChI=1S/C23H22FN3O2/c1-29-21-10-3-2-9-19(21)23(28)27-13-5-7-17(15-27)20-11-12-25-22(26-20)16-6-4-8-18(24)14-16/h2-4,6,8-12,14,17H,5,7,13,15H2,1H3/t17-/m1/s1. The van der Waals surface area contributed by atoms with Crippen molar-refractivity contribution in [2.45, 2.75) is 18.8 Å². The number of para-hydroxylation sites is 1. The van der Waals surface area contributed by atoms with E-state index >= 15 is 0 Å². The summed E-state index contributed by atoms with van der Waals surface area (Å²) in [5.41, 5.74) is 2.08. The highest BCUT2D eigenvalue weighted by Crippen LogP contribution is 2.29. The zero-order chi connectivity index (χ0) is 20.2. The van der Waals surface area contributed by atoms with Crippen molar-refractivity contribution in [1.82, 2.24) is 14.9 Å². The summed E-state index contributed by atoms with van der Waals surface area (Å²) in [6.07, 6.45) is 3.53. The summed E-state index contributed by atoms with van der Waals surface area (Å²) in [5, 5.41) is 0. The van der Waals surface area contributed by atoms with Crippen molar-refractivity contribution in [1.29, 1.82) is 0 Å². The lowest BCUT2D eigenvalue weighted by molar-refractivity contribution is 0.0702. The van der Waals surface area contributed by atoms with Gasteiger partial charge in [-0.1, -0.05) is 24.3 Å². The number of ether oxygens (including phenoxy) is 1. The van der Waals surface area contributed by atoms with E-state index in [1.165, 1.54) is 12.1 Å². The highest BCUT2D eigenvalue weighted by Gasteiger charge is 2.28. The Hall–Kier alpha value is -3.28. The predicted octanol–water partition coefficient (Wildman–Crippen LogP) is 4.31. The molecule has 1 saturated heterocycles. The molecule has 0 saturated carbocycles. The Morgan fingerprint density at radius 2 is 2.03 bits per heavy atom. The molecule has 3 aromatic rings. The first-order chi connectivity index (χ1) is 14.2. The maximum Gasteiger partial charge on any atom is 0.257 e. The summed E-state index contributed by atoms with van der Waals surface area (Å²) in [4.78, 5) is 23.9. The molecular formula is C23H22FN3O2. The number of benzene rings is 2. The van der Waals surface area contributed by atoms with Crippen LogP contribution in [0.2, 0.25) is 0 Å². The van der Waals surface area contributed by atoms with Gasteiger partial charge < -0.3 is 9.64 Å². The zero-order valence-electron chi connectivity index (χ0n) is 16.2. The molecule has 1 aliphatic rings. The molecule has 0 radical (unpaired) electrons. The number of methoxy groups -OCH3 is 1. The molecule has 0 unspecified atom stereocenters. The van der Waals surface area contributed by atoms with E-state index in [1.54, 1.807) is 37.6 Å². The maximum absolute atomic E-state index is 13.6. The van der Waals surface area contributed by atoms with Gasteiger partial charge in [0.15, 0.2) is 5.82 Å². The largest absolute Gasteiger partial charge is 0.496 e. The lowest BCUT2D eigenvalue weighted by atomic mass is 9.94. The van der Waals surface area contributed by atoms with Crippen molar-refractivity contribution < 1.29 is 13.9 Å². The minimum absolute atomic E-state index is 0.0356. The van der Waals surface area contributed by atoms with Crippen LogP contribution in [0.25, 0.3) is 11.4 Å². The smallest absolute Gasteiger partial charge is 0.257 e. The van der Waals surface area contributed by atoms with Gasteiger partial charge in [0.05, 0.1) is 12.7 Å². The monoisotopic (exact) mass is 391 g/mol. The van der Waals surface area contributed by atoms with Crippen molar-refractivity contribution in [3.05, 3.63) is 77.9 Å². The average Bonchev–Trinajstić information content (AvgIpc) is 2.79. The predicted molar refractivity (Wildman–Crippen MR) is 108 cm³/mol. The fourth-order valence-electron chi connectivity index (χ4n) is 3.76. The van der Waals surface area contributed by atoms with Gasteiger partial charge in [0.25, 0.3) is 5.91 Å². The van der Waals surface area contributed by atoms with Crippen LogP contribution in [0.15, 0.2) is 60.8 Å². The first-order valence-electron chi connectivity index (χ1n) is 9.67. The van der Waals surface area contributed by atoms with Gasteiger partial charge in [-0.05, 0) is 43.2 Å². The number of carbonyl (C=O) groups is 1. The molecule has 1 atom stereocenters. The third kappa shape index (κ3) is 4.11. The summed E-state index contributed by atoms with van der Waals surface area (Å²) in [5.74, 6) is 0.831. The highest BCUT2D eigenvalue weighted by atomic mass is 19.1. The Balaban J connectivity index is 1.56. The zero-order valence-corrected chi connectivity index (χ0v) is 16.2. The van der Waals surface area contributed by atoms with E-state index in [4.69, 9.17) is 4.74 Å². The third-order valence-electron chi connectivity index (χ3n) is 5.22. The van der Waals surface area contributed by atoms with Crippen LogP contribution in [-0.2, 0) is 0 Å². The molecule has 0 N–H and O–H groups in total. The molecule has 1 fully saturated rings. The normalized spacial score (nSPS) is 16.5. The van der Waals surface area contributed by atoms with Crippen LogP contribution in [0.1, 0.15) is 34.8 Å². The van der Waals surface area contributed by atoms with Crippen molar-refractivity contribution in [3.63, 3.8) is 0 Å². The van der Waals surface area contributed by atoms with Crippen LogP contribution >= 0.6 is 0 Å². The molecule has 1 aliphatic heterocycles. The molecule has 6 heteroatoms. The molecule has 148 valence electrons. The van der Waals surface area contributed by atoms with Crippen LogP contribution in [0.3, 0.4) is 0 Å². The first-order valence-corrected chi connectivity index (χ1v) is 9.67. The summed E-state index contributed by atoms with van der Waals surface area (Å²) < 4.78 is 18.9.